The van der Waals surface area contributed by atoms with Crippen molar-refractivity contribution in [3.05, 3.63) is 0 Å². The third-order valence-electron chi connectivity index (χ3n) is 3.30. The molecule has 0 bridgehead atoms. The fraction of sp³-hybridized carbons (Fsp3) is 0.923. The fourth-order valence-corrected chi connectivity index (χ4v) is 2.05. The van der Waals surface area contributed by atoms with Gasteiger partial charge < -0.3 is 0 Å². The minimum Gasteiger partial charge on any atom is -0.300 e. The lowest BCUT2D eigenvalue weighted by Gasteiger charge is -2.24. The van der Waals surface area contributed by atoms with Gasteiger partial charge in [0, 0.05) is 12.8 Å². The second-order valence-electron chi connectivity index (χ2n) is 4.70. The van der Waals surface area contributed by atoms with Crippen LogP contribution in [0.1, 0.15) is 71.1 Å². The Morgan fingerprint density at radius 1 is 1.14 bits per heavy atom. The third-order valence-corrected chi connectivity index (χ3v) is 3.30. The summed E-state index contributed by atoms with van der Waals surface area (Å²) in [5.41, 5.74) is 0. The third kappa shape index (κ3) is 4.78. The van der Waals surface area contributed by atoms with E-state index in [9.17, 15) is 4.79 Å². The number of rotatable bonds is 8. The van der Waals surface area contributed by atoms with Crippen molar-refractivity contribution in [2.75, 3.05) is 0 Å². The molecular weight excluding hydrogens is 172 g/mol. The van der Waals surface area contributed by atoms with E-state index in [4.69, 9.17) is 0 Å². The van der Waals surface area contributed by atoms with Gasteiger partial charge >= 0.3 is 0 Å². The zero-order valence-electron chi connectivity index (χ0n) is 9.56. The van der Waals surface area contributed by atoms with Crippen molar-refractivity contribution >= 4 is 5.78 Å². The second kappa shape index (κ2) is 7.03. The van der Waals surface area contributed by atoms with Crippen molar-refractivity contribution in [3.8, 4) is 0 Å². The van der Waals surface area contributed by atoms with Crippen molar-refractivity contribution in [1.29, 1.82) is 0 Å². The summed E-state index contributed by atoms with van der Waals surface area (Å²) in [6.07, 6.45) is 12.0. The molecule has 0 spiro atoms. The first kappa shape index (κ1) is 11.7. The Labute approximate surface area is 88.3 Å². The van der Waals surface area contributed by atoms with Crippen LogP contribution in [0.3, 0.4) is 0 Å². The number of carbonyl (C=O) groups excluding carboxylic acids is 1. The van der Waals surface area contributed by atoms with Gasteiger partial charge in [-0.05, 0) is 12.3 Å². The van der Waals surface area contributed by atoms with Gasteiger partial charge in [-0.15, -0.1) is 0 Å². The van der Waals surface area contributed by atoms with Gasteiger partial charge in [0.05, 0.1) is 0 Å². The highest BCUT2D eigenvalue weighted by Gasteiger charge is 2.19. The van der Waals surface area contributed by atoms with Crippen LogP contribution in [0, 0.1) is 5.92 Å². The van der Waals surface area contributed by atoms with Crippen molar-refractivity contribution in [2.45, 2.75) is 71.1 Å². The first-order chi connectivity index (χ1) is 6.83. The molecule has 0 aliphatic heterocycles. The number of Topliss-reactive ketones (excluding diaryl/α,β-unsaturated/α-hetero) is 1. The second-order valence-corrected chi connectivity index (χ2v) is 4.70. The van der Waals surface area contributed by atoms with E-state index in [2.05, 4.69) is 6.92 Å². The first-order valence-electron chi connectivity index (χ1n) is 6.34. The molecule has 0 aromatic rings. The van der Waals surface area contributed by atoms with Gasteiger partial charge in [0.2, 0.25) is 0 Å². The number of hydrogen-bond donors (Lipinski definition) is 0. The Balaban J connectivity index is 1.87. The Bertz CT molecular complexity index is 159. The monoisotopic (exact) mass is 196 g/mol. The van der Waals surface area contributed by atoms with Crippen LogP contribution in [0.2, 0.25) is 0 Å². The first-order valence-corrected chi connectivity index (χ1v) is 6.34. The van der Waals surface area contributed by atoms with E-state index in [0.29, 0.717) is 5.78 Å². The van der Waals surface area contributed by atoms with Crippen LogP contribution >= 0.6 is 0 Å². The lowest BCUT2D eigenvalue weighted by Crippen LogP contribution is -2.15. The quantitative estimate of drug-likeness (QED) is 0.534. The Kier molecular flexibility index (Phi) is 5.89. The molecule has 1 fully saturated rings. The van der Waals surface area contributed by atoms with Gasteiger partial charge in [0.1, 0.15) is 5.78 Å². The molecule has 1 saturated carbocycles. The Morgan fingerprint density at radius 2 is 1.86 bits per heavy atom. The van der Waals surface area contributed by atoms with E-state index in [0.717, 1.165) is 25.2 Å². The molecule has 0 unspecified atom stereocenters. The summed E-state index contributed by atoms with van der Waals surface area (Å²) in [6.45, 7) is 2.22. The highest BCUT2D eigenvalue weighted by molar-refractivity contribution is 5.78. The van der Waals surface area contributed by atoms with Crippen molar-refractivity contribution in [2.24, 2.45) is 5.92 Å². The number of carbonyl (C=O) groups is 1. The molecular formula is C13H24O. The zero-order chi connectivity index (χ0) is 10.2. The summed E-state index contributed by atoms with van der Waals surface area (Å²) in [5, 5.41) is 0. The highest BCUT2D eigenvalue weighted by Crippen LogP contribution is 2.30. The van der Waals surface area contributed by atoms with Crippen LogP contribution in [0.25, 0.3) is 0 Å². The van der Waals surface area contributed by atoms with Gasteiger partial charge in [-0.2, -0.15) is 0 Å². The predicted octanol–water partition coefficient (Wildman–Crippen LogP) is 4.11. The Hall–Kier alpha value is -0.330. The van der Waals surface area contributed by atoms with E-state index in [1.165, 1.54) is 44.9 Å². The lowest BCUT2D eigenvalue weighted by atomic mass is 9.81. The van der Waals surface area contributed by atoms with Crippen LogP contribution in [0.4, 0.5) is 0 Å². The van der Waals surface area contributed by atoms with Crippen LogP contribution < -0.4 is 0 Å². The summed E-state index contributed by atoms with van der Waals surface area (Å²) in [6, 6.07) is 0. The van der Waals surface area contributed by atoms with E-state index in [-0.39, 0.29) is 0 Å². The number of ketones is 1. The molecule has 0 atom stereocenters. The van der Waals surface area contributed by atoms with Crippen molar-refractivity contribution < 1.29 is 4.79 Å². The number of unbranched alkanes of at least 4 members (excludes halogenated alkanes) is 4. The maximum atomic E-state index is 11.5. The van der Waals surface area contributed by atoms with Gasteiger partial charge in [-0.25, -0.2) is 0 Å². The highest BCUT2D eigenvalue weighted by atomic mass is 16.1. The normalized spacial score (nSPS) is 16.6. The molecule has 0 radical (unpaired) electrons. The van der Waals surface area contributed by atoms with Gasteiger partial charge in [-0.1, -0.05) is 51.9 Å². The van der Waals surface area contributed by atoms with Gasteiger partial charge in [0.15, 0.2) is 0 Å². The maximum absolute atomic E-state index is 11.5. The zero-order valence-corrected chi connectivity index (χ0v) is 9.56. The summed E-state index contributed by atoms with van der Waals surface area (Å²) < 4.78 is 0. The summed E-state index contributed by atoms with van der Waals surface area (Å²) in [7, 11) is 0. The SMILES string of the molecule is CCCCCCCC(=O)CC1CCC1. The van der Waals surface area contributed by atoms with E-state index in [1.54, 1.807) is 0 Å². The standard InChI is InChI=1S/C13H24O/c1-2-3-4-5-6-10-13(14)11-12-8-7-9-12/h12H,2-11H2,1H3. The molecule has 1 heteroatoms. The van der Waals surface area contributed by atoms with Crippen LogP contribution in [0.5, 0.6) is 0 Å². The molecule has 0 amide bonds. The molecule has 0 aromatic heterocycles. The fourth-order valence-electron chi connectivity index (χ4n) is 2.05. The molecule has 1 aliphatic rings. The van der Waals surface area contributed by atoms with E-state index < -0.39 is 0 Å². The predicted molar refractivity (Wildman–Crippen MR) is 60.3 cm³/mol. The van der Waals surface area contributed by atoms with Gasteiger partial charge in [0.25, 0.3) is 0 Å². The largest absolute Gasteiger partial charge is 0.300 e. The topological polar surface area (TPSA) is 17.1 Å². The molecule has 0 heterocycles. The van der Waals surface area contributed by atoms with Crippen LogP contribution in [0.15, 0.2) is 0 Å². The van der Waals surface area contributed by atoms with Crippen LogP contribution in [-0.2, 0) is 4.79 Å². The van der Waals surface area contributed by atoms with Crippen molar-refractivity contribution in [1.82, 2.24) is 0 Å². The molecule has 1 rings (SSSR count). The summed E-state index contributed by atoms with van der Waals surface area (Å²) in [4.78, 5) is 11.5. The average molecular weight is 196 g/mol. The molecule has 14 heavy (non-hydrogen) atoms. The average Bonchev–Trinajstić information content (AvgIpc) is 2.11. The van der Waals surface area contributed by atoms with E-state index in [1.807, 2.05) is 0 Å². The van der Waals surface area contributed by atoms with Gasteiger partial charge in [-0.3, -0.25) is 4.79 Å². The molecule has 0 aromatic carbocycles. The molecule has 82 valence electrons. The van der Waals surface area contributed by atoms with E-state index >= 15 is 0 Å². The van der Waals surface area contributed by atoms with Crippen LogP contribution in [-0.4, -0.2) is 5.78 Å². The summed E-state index contributed by atoms with van der Waals surface area (Å²) in [5.74, 6) is 1.28. The maximum Gasteiger partial charge on any atom is 0.133 e. The molecule has 1 aliphatic carbocycles. The number of hydrogen-bond acceptors (Lipinski definition) is 1. The lowest BCUT2D eigenvalue weighted by molar-refractivity contribution is -0.120. The molecule has 0 saturated heterocycles. The minimum atomic E-state index is 0.520. The molecule has 0 N–H and O–H groups in total. The minimum absolute atomic E-state index is 0.520. The molecule has 1 nitrogen and oxygen atoms in total. The summed E-state index contributed by atoms with van der Waals surface area (Å²) >= 11 is 0. The Morgan fingerprint density at radius 3 is 2.43 bits per heavy atom. The smallest absolute Gasteiger partial charge is 0.133 e. The van der Waals surface area contributed by atoms with Crippen molar-refractivity contribution in [3.63, 3.8) is 0 Å².